The average Bonchev–Trinajstić information content (AvgIpc) is 2.86. The number of imide groups is 1. The predicted octanol–water partition coefficient (Wildman–Crippen LogP) is 1.12. The summed E-state index contributed by atoms with van der Waals surface area (Å²) in [6.45, 7) is 3.25. The Hall–Kier alpha value is -2.11. The number of hydrogen-bond acceptors (Lipinski definition) is 4. The fourth-order valence-electron chi connectivity index (χ4n) is 1.98. The zero-order valence-electron chi connectivity index (χ0n) is 10.0. The van der Waals surface area contributed by atoms with Crippen LogP contribution in [0.3, 0.4) is 0 Å². The molecule has 18 heavy (non-hydrogen) atoms. The third-order valence-electron chi connectivity index (χ3n) is 3.34. The van der Waals surface area contributed by atoms with Gasteiger partial charge in [0.25, 0.3) is 0 Å². The lowest BCUT2D eigenvalue weighted by atomic mass is 10.00. The second-order valence-corrected chi connectivity index (χ2v) is 4.40. The molecule has 2 amide bonds. The molecule has 1 aliphatic rings. The molecule has 2 rings (SSSR count). The first kappa shape index (κ1) is 12.3. The van der Waals surface area contributed by atoms with Crippen LogP contribution in [-0.2, 0) is 16.1 Å². The third kappa shape index (κ3) is 1.79. The molecule has 0 spiro atoms. The number of amides is 2. The first-order valence-corrected chi connectivity index (χ1v) is 5.58. The third-order valence-corrected chi connectivity index (χ3v) is 3.34. The normalized spacial score (nSPS) is 23.8. The Kier molecular flexibility index (Phi) is 2.94. The van der Waals surface area contributed by atoms with Crippen LogP contribution in [0.15, 0.2) is 16.7 Å². The van der Waals surface area contributed by atoms with Crippen molar-refractivity contribution in [3.63, 3.8) is 0 Å². The summed E-state index contributed by atoms with van der Waals surface area (Å²) in [6, 6.07) is 1.30. The fourth-order valence-corrected chi connectivity index (χ4v) is 1.98. The standard InChI is InChI=1S/C12H13NO5/c1-6-7(2)11(15)13(10(6)14)5-9-8(12(16)17)3-4-18-9/h3-4,6-7H,5H2,1-2H3,(H,16,17). The van der Waals surface area contributed by atoms with Crippen molar-refractivity contribution in [3.05, 3.63) is 23.7 Å². The summed E-state index contributed by atoms with van der Waals surface area (Å²) in [5.41, 5.74) is -0.0252. The molecule has 96 valence electrons. The van der Waals surface area contributed by atoms with E-state index in [0.29, 0.717) is 0 Å². The molecule has 1 fully saturated rings. The molecule has 1 aromatic rings. The van der Waals surface area contributed by atoms with Crippen LogP contribution in [0, 0.1) is 11.8 Å². The Bertz CT molecular complexity index is 498. The van der Waals surface area contributed by atoms with Crippen LogP contribution in [0.1, 0.15) is 30.0 Å². The minimum atomic E-state index is -1.14. The highest BCUT2D eigenvalue weighted by molar-refractivity contribution is 6.04. The van der Waals surface area contributed by atoms with Crippen molar-refractivity contribution in [3.8, 4) is 0 Å². The number of carbonyl (C=O) groups is 3. The van der Waals surface area contributed by atoms with Crippen LogP contribution in [0.2, 0.25) is 0 Å². The summed E-state index contributed by atoms with van der Waals surface area (Å²) >= 11 is 0. The zero-order chi connectivity index (χ0) is 13.4. The number of aromatic carboxylic acids is 1. The first-order chi connectivity index (χ1) is 8.43. The summed E-state index contributed by atoms with van der Waals surface area (Å²) in [7, 11) is 0. The highest BCUT2D eigenvalue weighted by Gasteiger charge is 2.42. The smallest absolute Gasteiger partial charge is 0.339 e. The fraction of sp³-hybridized carbons (Fsp3) is 0.417. The van der Waals surface area contributed by atoms with Gasteiger partial charge in [-0.3, -0.25) is 14.5 Å². The molecule has 6 nitrogen and oxygen atoms in total. The summed E-state index contributed by atoms with van der Waals surface area (Å²) < 4.78 is 5.03. The molecule has 1 aromatic heterocycles. The minimum Gasteiger partial charge on any atom is -0.478 e. The van der Waals surface area contributed by atoms with Gasteiger partial charge >= 0.3 is 5.97 Å². The maximum Gasteiger partial charge on any atom is 0.339 e. The van der Waals surface area contributed by atoms with E-state index >= 15 is 0 Å². The first-order valence-electron chi connectivity index (χ1n) is 5.58. The predicted molar refractivity (Wildman–Crippen MR) is 59.6 cm³/mol. The lowest BCUT2D eigenvalue weighted by Crippen LogP contribution is -2.30. The van der Waals surface area contributed by atoms with Gasteiger partial charge in [-0.15, -0.1) is 0 Å². The highest BCUT2D eigenvalue weighted by Crippen LogP contribution is 2.27. The molecule has 0 aromatic carbocycles. The van der Waals surface area contributed by atoms with Gasteiger partial charge < -0.3 is 9.52 Å². The van der Waals surface area contributed by atoms with Gasteiger partial charge in [-0.1, -0.05) is 13.8 Å². The topological polar surface area (TPSA) is 87.8 Å². The quantitative estimate of drug-likeness (QED) is 0.813. The minimum absolute atomic E-state index is 0.0252. The number of furan rings is 1. The lowest BCUT2D eigenvalue weighted by Gasteiger charge is -2.13. The average molecular weight is 251 g/mol. The van der Waals surface area contributed by atoms with Crippen molar-refractivity contribution < 1.29 is 23.9 Å². The van der Waals surface area contributed by atoms with E-state index in [1.165, 1.54) is 12.3 Å². The SMILES string of the molecule is CC1C(=O)N(Cc2occc2C(=O)O)C(=O)C1C. The van der Waals surface area contributed by atoms with Crippen LogP contribution in [0.5, 0.6) is 0 Å². The van der Waals surface area contributed by atoms with Crippen molar-refractivity contribution in [2.24, 2.45) is 11.8 Å². The van der Waals surface area contributed by atoms with Crippen molar-refractivity contribution in [1.29, 1.82) is 0 Å². The van der Waals surface area contributed by atoms with E-state index in [2.05, 4.69) is 0 Å². The van der Waals surface area contributed by atoms with Crippen LogP contribution in [0.4, 0.5) is 0 Å². The monoisotopic (exact) mass is 251 g/mol. The molecule has 6 heteroatoms. The Labute approximate surface area is 103 Å². The van der Waals surface area contributed by atoms with Crippen LogP contribution in [0.25, 0.3) is 0 Å². The lowest BCUT2D eigenvalue weighted by molar-refractivity contribution is -0.140. The van der Waals surface area contributed by atoms with Gasteiger partial charge in [0.15, 0.2) is 0 Å². The van der Waals surface area contributed by atoms with Gasteiger partial charge in [-0.05, 0) is 6.07 Å². The number of carboxylic acid groups (broad SMARTS) is 1. The molecule has 1 saturated heterocycles. The summed E-state index contributed by atoms with van der Waals surface area (Å²) in [5.74, 6) is -2.36. The number of nitrogens with zero attached hydrogens (tertiary/aromatic N) is 1. The van der Waals surface area contributed by atoms with Gasteiger partial charge in [0.1, 0.15) is 11.3 Å². The molecule has 0 radical (unpaired) electrons. The Morgan fingerprint density at radius 3 is 2.39 bits per heavy atom. The largest absolute Gasteiger partial charge is 0.478 e. The molecule has 0 aliphatic carbocycles. The molecular weight excluding hydrogens is 238 g/mol. The molecular formula is C12H13NO5. The Morgan fingerprint density at radius 2 is 1.89 bits per heavy atom. The van der Waals surface area contributed by atoms with Gasteiger partial charge in [0.05, 0.1) is 12.8 Å². The second-order valence-electron chi connectivity index (χ2n) is 4.40. The number of carbonyl (C=O) groups excluding carboxylic acids is 2. The Morgan fingerprint density at radius 1 is 1.33 bits per heavy atom. The van der Waals surface area contributed by atoms with E-state index in [-0.39, 0.29) is 41.5 Å². The van der Waals surface area contributed by atoms with Gasteiger partial charge in [0.2, 0.25) is 11.8 Å². The van der Waals surface area contributed by atoms with E-state index in [9.17, 15) is 14.4 Å². The van der Waals surface area contributed by atoms with Gasteiger partial charge in [0, 0.05) is 11.8 Å². The van der Waals surface area contributed by atoms with E-state index in [1.54, 1.807) is 13.8 Å². The van der Waals surface area contributed by atoms with Gasteiger partial charge in [-0.25, -0.2) is 4.79 Å². The van der Waals surface area contributed by atoms with Crippen LogP contribution in [-0.4, -0.2) is 27.8 Å². The van der Waals surface area contributed by atoms with Crippen molar-refractivity contribution in [2.75, 3.05) is 0 Å². The number of rotatable bonds is 3. The zero-order valence-corrected chi connectivity index (χ0v) is 10.0. The number of carboxylic acids is 1. The Balaban J connectivity index is 2.24. The van der Waals surface area contributed by atoms with Crippen molar-refractivity contribution in [2.45, 2.75) is 20.4 Å². The van der Waals surface area contributed by atoms with E-state index in [0.717, 1.165) is 4.90 Å². The molecule has 2 heterocycles. The van der Waals surface area contributed by atoms with Crippen LogP contribution < -0.4 is 0 Å². The molecule has 1 N–H and O–H groups in total. The maximum absolute atomic E-state index is 11.8. The van der Waals surface area contributed by atoms with Gasteiger partial charge in [-0.2, -0.15) is 0 Å². The second kappa shape index (κ2) is 4.29. The van der Waals surface area contributed by atoms with E-state index in [4.69, 9.17) is 9.52 Å². The molecule has 1 aliphatic heterocycles. The number of likely N-dealkylation sites (tertiary alicyclic amines) is 1. The number of hydrogen-bond donors (Lipinski definition) is 1. The summed E-state index contributed by atoms with van der Waals surface area (Å²) in [5, 5.41) is 8.92. The van der Waals surface area contributed by atoms with Crippen molar-refractivity contribution in [1.82, 2.24) is 4.90 Å². The van der Waals surface area contributed by atoms with E-state index < -0.39 is 5.97 Å². The molecule has 0 saturated carbocycles. The molecule has 2 unspecified atom stereocenters. The van der Waals surface area contributed by atoms with Crippen LogP contribution >= 0.6 is 0 Å². The highest BCUT2D eigenvalue weighted by atomic mass is 16.4. The summed E-state index contributed by atoms with van der Waals surface area (Å²) in [4.78, 5) is 35.7. The van der Waals surface area contributed by atoms with E-state index in [1.807, 2.05) is 0 Å². The van der Waals surface area contributed by atoms with Crippen molar-refractivity contribution >= 4 is 17.8 Å². The summed E-state index contributed by atoms with van der Waals surface area (Å²) in [6.07, 6.45) is 1.23. The maximum atomic E-state index is 11.8. The molecule has 0 bridgehead atoms. The molecule has 2 atom stereocenters.